The number of aromatic nitrogens is 2. The zero-order valence-corrected chi connectivity index (χ0v) is 13.8. The van der Waals surface area contributed by atoms with Gasteiger partial charge in [-0.05, 0) is 30.3 Å². The lowest BCUT2D eigenvalue weighted by Crippen LogP contribution is -2.29. The van der Waals surface area contributed by atoms with Gasteiger partial charge in [0.05, 0.1) is 17.5 Å². The first-order valence-electron chi connectivity index (χ1n) is 7.81. The molecule has 0 aliphatic rings. The van der Waals surface area contributed by atoms with Crippen LogP contribution in [0.5, 0.6) is 5.75 Å². The van der Waals surface area contributed by atoms with Gasteiger partial charge in [-0.25, -0.2) is 9.18 Å². The van der Waals surface area contributed by atoms with Crippen LogP contribution in [0, 0.1) is 15.9 Å². The van der Waals surface area contributed by atoms with Gasteiger partial charge in [0, 0.05) is 11.6 Å². The highest BCUT2D eigenvalue weighted by molar-refractivity contribution is 5.51. The standard InChI is InChI=1S/C17H14FN3O6/c18-12-6-4-11(5-7-12)16-19-20(17(23)27-16)9-14(22)10-26-15-3-1-2-13(8-15)21(24)25/h1-8,14,22H,9-10H2/t14-/m0/s1. The molecular formula is C17H14FN3O6. The lowest BCUT2D eigenvalue weighted by Gasteiger charge is -2.11. The van der Waals surface area contributed by atoms with E-state index in [1.165, 1.54) is 48.5 Å². The zero-order chi connectivity index (χ0) is 19.4. The predicted octanol–water partition coefficient (Wildman–Crippen LogP) is 1.99. The molecule has 0 saturated carbocycles. The summed E-state index contributed by atoms with van der Waals surface area (Å²) in [7, 11) is 0. The second-order valence-corrected chi connectivity index (χ2v) is 5.58. The molecule has 3 rings (SSSR count). The Hall–Kier alpha value is -3.53. The Balaban J connectivity index is 1.63. The van der Waals surface area contributed by atoms with Gasteiger partial charge < -0.3 is 14.3 Å². The summed E-state index contributed by atoms with van der Waals surface area (Å²) >= 11 is 0. The highest BCUT2D eigenvalue weighted by Gasteiger charge is 2.15. The molecule has 0 spiro atoms. The predicted molar refractivity (Wildman–Crippen MR) is 90.8 cm³/mol. The number of rotatable bonds is 7. The summed E-state index contributed by atoms with van der Waals surface area (Å²) in [4.78, 5) is 22.0. The molecule has 1 aromatic heterocycles. The van der Waals surface area contributed by atoms with Crippen LogP contribution >= 0.6 is 0 Å². The molecule has 0 amide bonds. The van der Waals surface area contributed by atoms with Crippen molar-refractivity contribution in [2.75, 3.05) is 6.61 Å². The number of benzene rings is 2. The van der Waals surface area contributed by atoms with E-state index >= 15 is 0 Å². The third-order valence-corrected chi connectivity index (χ3v) is 3.55. The summed E-state index contributed by atoms with van der Waals surface area (Å²) in [6, 6.07) is 10.7. The summed E-state index contributed by atoms with van der Waals surface area (Å²) in [6.45, 7) is -0.426. The molecule has 0 unspecified atom stereocenters. The molecule has 3 aromatic rings. The number of non-ortho nitro benzene ring substituents is 1. The number of hydrogen-bond acceptors (Lipinski definition) is 7. The van der Waals surface area contributed by atoms with Crippen LogP contribution in [0.25, 0.3) is 11.5 Å². The van der Waals surface area contributed by atoms with E-state index in [1.54, 1.807) is 0 Å². The Labute approximate surface area is 151 Å². The van der Waals surface area contributed by atoms with Crippen LogP contribution in [0.3, 0.4) is 0 Å². The minimum atomic E-state index is -1.12. The van der Waals surface area contributed by atoms with E-state index in [-0.39, 0.29) is 30.5 Å². The minimum Gasteiger partial charge on any atom is -0.491 e. The van der Waals surface area contributed by atoms with Gasteiger partial charge in [-0.1, -0.05) is 6.07 Å². The molecule has 0 radical (unpaired) electrons. The number of nitrogens with zero attached hydrogens (tertiary/aromatic N) is 3. The molecule has 9 nitrogen and oxygen atoms in total. The highest BCUT2D eigenvalue weighted by Crippen LogP contribution is 2.19. The van der Waals surface area contributed by atoms with E-state index in [1.807, 2.05) is 0 Å². The third kappa shape index (κ3) is 4.55. The lowest BCUT2D eigenvalue weighted by atomic mass is 10.2. The van der Waals surface area contributed by atoms with Gasteiger partial charge in [-0.3, -0.25) is 10.1 Å². The lowest BCUT2D eigenvalue weighted by molar-refractivity contribution is -0.384. The Kier molecular flexibility index (Phi) is 5.27. The topological polar surface area (TPSA) is 121 Å². The van der Waals surface area contributed by atoms with Crippen LogP contribution in [0.2, 0.25) is 0 Å². The molecule has 0 saturated heterocycles. The van der Waals surface area contributed by atoms with Crippen LogP contribution < -0.4 is 10.5 Å². The number of nitro groups is 1. The summed E-state index contributed by atoms with van der Waals surface area (Å²) < 4.78 is 24.2. The van der Waals surface area contributed by atoms with Crippen molar-refractivity contribution in [3.63, 3.8) is 0 Å². The number of nitro benzene ring substituents is 1. The van der Waals surface area contributed by atoms with Crippen LogP contribution in [-0.4, -0.2) is 32.5 Å². The molecule has 0 fully saturated rings. The molecule has 27 heavy (non-hydrogen) atoms. The van der Waals surface area contributed by atoms with Crippen LogP contribution in [-0.2, 0) is 6.54 Å². The van der Waals surface area contributed by atoms with Crippen molar-refractivity contribution in [1.29, 1.82) is 0 Å². The second kappa shape index (κ2) is 7.79. The van der Waals surface area contributed by atoms with Gasteiger partial charge in [0.1, 0.15) is 24.3 Å². The molecule has 1 N–H and O–H groups in total. The van der Waals surface area contributed by atoms with Crippen molar-refractivity contribution < 1.29 is 23.6 Å². The number of aliphatic hydroxyl groups is 1. The van der Waals surface area contributed by atoms with Gasteiger partial charge in [0.15, 0.2) is 0 Å². The SMILES string of the molecule is O=c1oc(-c2ccc(F)cc2)nn1C[C@H](O)COc1cccc([N+](=O)[O-])c1. The number of aliphatic hydroxyl groups excluding tert-OH is 1. The fourth-order valence-corrected chi connectivity index (χ4v) is 2.26. The minimum absolute atomic E-state index is 0.00759. The second-order valence-electron chi connectivity index (χ2n) is 5.58. The monoisotopic (exact) mass is 375 g/mol. The molecule has 1 heterocycles. The maximum absolute atomic E-state index is 13.0. The van der Waals surface area contributed by atoms with E-state index < -0.39 is 22.6 Å². The van der Waals surface area contributed by atoms with Gasteiger partial charge >= 0.3 is 5.76 Å². The van der Waals surface area contributed by atoms with Crippen molar-refractivity contribution in [2.24, 2.45) is 0 Å². The number of ether oxygens (including phenoxy) is 1. The maximum Gasteiger partial charge on any atom is 0.437 e. The van der Waals surface area contributed by atoms with Crippen molar-refractivity contribution >= 4 is 5.69 Å². The highest BCUT2D eigenvalue weighted by atomic mass is 19.1. The van der Waals surface area contributed by atoms with Crippen molar-refractivity contribution in [3.05, 3.63) is 75.0 Å². The molecule has 10 heteroatoms. The normalized spacial score (nSPS) is 11.9. The first-order valence-corrected chi connectivity index (χ1v) is 7.81. The van der Waals surface area contributed by atoms with Crippen molar-refractivity contribution in [1.82, 2.24) is 9.78 Å². The number of halogens is 1. The summed E-state index contributed by atoms with van der Waals surface area (Å²) in [5.41, 5.74) is 0.272. The molecular weight excluding hydrogens is 361 g/mol. The van der Waals surface area contributed by atoms with Crippen molar-refractivity contribution in [2.45, 2.75) is 12.6 Å². The summed E-state index contributed by atoms with van der Waals surface area (Å²) in [5.74, 6) is -1.02. The molecule has 1 atom stereocenters. The van der Waals surface area contributed by atoms with Crippen LogP contribution in [0.4, 0.5) is 10.1 Å². The van der Waals surface area contributed by atoms with Crippen LogP contribution in [0.15, 0.2) is 57.7 Å². The van der Waals surface area contributed by atoms with E-state index in [4.69, 9.17) is 9.15 Å². The summed E-state index contributed by atoms with van der Waals surface area (Å²) in [6.07, 6.45) is -1.12. The van der Waals surface area contributed by atoms with E-state index in [0.717, 1.165) is 4.68 Å². The smallest absolute Gasteiger partial charge is 0.437 e. The van der Waals surface area contributed by atoms with Crippen molar-refractivity contribution in [3.8, 4) is 17.2 Å². The van der Waals surface area contributed by atoms with E-state index in [0.29, 0.717) is 5.56 Å². The first kappa shape index (κ1) is 18.3. The van der Waals surface area contributed by atoms with Crippen LogP contribution in [0.1, 0.15) is 0 Å². The largest absolute Gasteiger partial charge is 0.491 e. The fourth-order valence-electron chi connectivity index (χ4n) is 2.26. The van der Waals surface area contributed by atoms with E-state index in [9.17, 15) is 24.4 Å². The Morgan fingerprint density at radius 2 is 2.04 bits per heavy atom. The first-order chi connectivity index (χ1) is 12.9. The molecule has 2 aromatic carbocycles. The number of hydrogen-bond donors (Lipinski definition) is 1. The molecule has 140 valence electrons. The fraction of sp³-hybridized carbons (Fsp3) is 0.176. The quantitative estimate of drug-likeness (QED) is 0.495. The molecule has 0 bridgehead atoms. The Morgan fingerprint density at radius 1 is 1.30 bits per heavy atom. The van der Waals surface area contributed by atoms with Gasteiger partial charge in [0.2, 0.25) is 5.89 Å². The average Bonchev–Trinajstić information content (AvgIpc) is 3.01. The van der Waals surface area contributed by atoms with Gasteiger partial charge in [-0.15, -0.1) is 5.10 Å². The van der Waals surface area contributed by atoms with E-state index in [2.05, 4.69) is 5.10 Å². The molecule has 0 aliphatic carbocycles. The Bertz CT molecular complexity index is 998. The average molecular weight is 375 g/mol. The Morgan fingerprint density at radius 3 is 2.74 bits per heavy atom. The van der Waals surface area contributed by atoms with Gasteiger partial charge in [-0.2, -0.15) is 4.68 Å². The third-order valence-electron chi connectivity index (χ3n) is 3.55. The molecule has 0 aliphatic heterocycles. The maximum atomic E-state index is 13.0. The summed E-state index contributed by atoms with van der Waals surface area (Å²) in [5, 5.41) is 24.7. The zero-order valence-electron chi connectivity index (χ0n) is 13.8. The van der Waals surface area contributed by atoms with Gasteiger partial charge in [0.25, 0.3) is 5.69 Å².